The van der Waals surface area contributed by atoms with Crippen LogP contribution in [-0.4, -0.2) is 6.61 Å². The van der Waals surface area contributed by atoms with Crippen molar-refractivity contribution in [2.24, 2.45) is 7.05 Å². The maximum Gasteiger partial charge on any atom is 0.204 e. The van der Waals surface area contributed by atoms with Gasteiger partial charge in [0.2, 0.25) is 5.69 Å². The van der Waals surface area contributed by atoms with Crippen molar-refractivity contribution in [3.8, 4) is 5.75 Å². The molecule has 18 heavy (non-hydrogen) atoms. The van der Waals surface area contributed by atoms with Crippen LogP contribution in [0.15, 0.2) is 48.7 Å². The van der Waals surface area contributed by atoms with Gasteiger partial charge in [-0.15, -0.1) is 0 Å². The number of nitrogens with zero attached hydrogens (tertiary/aromatic N) is 1. The van der Waals surface area contributed by atoms with Crippen LogP contribution in [0, 0.1) is 0 Å². The van der Waals surface area contributed by atoms with Gasteiger partial charge in [-0.1, -0.05) is 12.1 Å². The van der Waals surface area contributed by atoms with Crippen molar-refractivity contribution in [2.75, 3.05) is 6.61 Å². The number of aromatic nitrogens is 1. The third-order valence-corrected chi connectivity index (χ3v) is 2.73. The van der Waals surface area contributed by atoms with E-state index in [0.29, 0.717) is 6.61 Å². The van der Waals surface area contributed by atoms with Gasteiger partial charge in [-0.05, 0) is 36.8 Å². The van der Waals surface area contributed by atoms with Gasteiger partial charge in [-0.25, -0.2) is 4.57 Å². The molecule has 0 aliphatic rings. The molecule has 1 heterocycles. The van der Waals surface area contributed by atoms with E-state index in [1.807, 2.05) is 44.4 Å². The second-order valence-corrected chi connectivity index (χ2v) is 4.07. The average Bonchev–Trinajstić information content (AvgIpc) is 2.40. The van der Waals surface area contributed by atoms with Crippen molar-refractivity contribution in [2.45, 2.75) is 6.92 Å². The molecule has 0 fully saturated rings. The molecular formula is C16H18NO+. The van der Waals surface area contributed by atoms with E-state index >= 15 is 0 Å². The third-order valence-electron chi connectivity index (χ3n) is 2.73. The van der Waals surface area contributed by atoms with Gasteiger partial charge in [-0.3, -0.25) is 0 Å². The first-order valence-electron chi connectivity index (χ1n) is 6.15. The van der Waals surface area contributed by atoms with Crippen molar-refractivity contribution < 1.29 is 9.30 Å². The van der Waals surface area contributed by atoms with Gasteiger partial charge in [-0.2, -0.15) is 0 Å². The van der Waals surface area contributed by atoms with Crippen LogP contribution in [0.3, 0.4) is 0 Å². The highest BCUT2D eigenvalue weighted by Gasteiger charge is 1.98. The summed E-state index contributed by atoms with van der Waals surface area (Å²) in [6.45, 7) is 2.69. The molecule has 0 radical (unpaired) electrons. The van der Waals surface area contributed by atoms with Crippen LogP contribution in [0.2, 0.25) is 0 Å². The van der Waals surface area contributed by atoms with E-state index in [4.69, 9.17) is 4.74 Å². The molecule has 0 bridgehead atoms. The summed E-state index contributed by atoms with van der Waals surface area (Å²) in [5.74, 6) is 0.917. The number of ether oxygens (including phenoxy) is 1. The van der Waals surface area contributed by atoms with Gasteiger partial charge in [0.25, 0.3) is 0 Å². The number of aryl methyl sites for hydroxylation is 1. The van der Waals surface area contributed by atoms with Crippen LogP contribution in [0.1, 0.15) is 18.2 Å². The molecule has 0 saturated heterocycles. The molecule has 0 spiro atoms. The summed E-state index contributed by atoms with van der Waals surface area (Å²) in [5.41, 5.74) is 2.34. The number of pyridine rings is 1. The Bertz CT molecular complexity index is 529. The van der Waals surface area contributed by atoms with E-state index in [9.17, 15) is 0 Å². The normalized spacial score (nSPS) is 10.8. The SMILES string of the molecule is CCOc1ccc(/C=C/c2cccc[n+]2C)cc1. The standard InChI is InChI=1S/C16H18NO/c1-3-18-16-11-8-14(9-12-16)7-10-15-6-4-5-13-17(15)2/h4-13H,3H2,1-2H3/q+1/b10-7+. The quantitative estimate of drug-likeness (QED) is 0.749. The van der Waals surface area contributed by atoms with Gasteiger partial charge in [0.15, 0.2) is 6.20 Å². The molecule has 0 saturated carbocycles. The van der Waals surface area contributed by atoms with E-state index in [1.165, 1.54) is 11.3 Å². The molecule has 0 amide bonds. The van der Waals surface area contributed by atoms with Crippen LogP contribution in [0.25, 0.3) is 12.2 Å². The molecule has 0 aliphatic carbocycles. The summed E-state index contributed by atoms with van der Waals surface area (Å²) in [6, 6.07) is 14.3. The molecule has 0 aliphatic heterocycles. The lowest BCUT2D eigenvalue weighted by Gasteiger charge is -2.02. The van der Waals surface area contributed by atoms with Crippen molar-refractivity contribution in [1.82, 2.24) is 0 Å². The summed E-state index contributed by atoms with van der Waals surface area (Å²) < 4.78 is 7.50. The Labute approximate surface area is 108 Å². The largest absolute Gasteiger partial charge is 0.494 e. The average molecular weight is 240 g/mol. The Kier molecular flexibility index (Phi) is 4.13. The fourth-order valence-corrected chi connectivity index (χ4v) is 1.73. The lowest BCUT2D eigenvalue weighted by atomic mass is 10.2. The number of hydrogen-bond donors (Lipinski definition) is 0. The summed E-state index contributed by atoms with van der Waals surface area (Å²) in [6.07, 6.45) is 6.25. The Balaban J connectivity index is 2.12. The van der Waals surface area contributed by atoms with Gasteiger partial charge < -0.3 is 4.74 Å². The van der Waals surface area contributed by atoms with Gasteiger partial charge in [0.05, 0.1) is 6.61 Å². The number of benzene rings is 1. The maximum absolute atomic E-state index is 5.41. The lowest BCUT2D eigenvalue weighted by Crippen LogP contribution is -2.30. The van der Waals surface area contributed by atoms with Crippen molar-refractivity contribution in [3.05, 3.63) is 59.9 Å². The molecular weight excluding hydrogens is 222 g/mol. The molecule has 92 valence electrons. The topological polar surface area (TPSA) is 13.1 Å². The molecule has 0 atom stereocenters. The Morgan fingerprint density at radius 1 is 1.06 bits per heavy atom. The highest BCUT2D eigenvalue weighted by atomic mass is 16.5. The first-order valence-corrected chi connectivity index (χ1v) is 6.15. The van der Waals surface area contributed by atoms with Crippen LogP contribution < -0.4 is 9.30 Å². The molecule has 2 rings (SSSR count). The smallest absolute Gasteiger partial charge is 0.204 e. The number of rotatable bonds is 4. The second-order valence-electron chi connectivity index (χ2n) is 4.07. The Morgan fingerprint density at radius 2 is 1.83 bits per heavy atom. The predicted molar refractivity (Wildman–Crippen MR) is 74.2 cm³/mol. The Hall–Kier alpha value is -2.09. The zero-order valence-corrected chi connectivity index (χ0v) is 10.8. The van der Waals surface area contributed by atoms with Crippen molar-refractivity contribution in [1.29, 1.82) is 0 Å². The monoisotopic (exact) mass is 240 g/mol. The summed E-state index contributed by atoms with van der Waals surface area (Å²) in [5, 5.41) is 0. The van der Waals surface area contributed by atoms with E-state index < -0.39 is 0 Å². The predicted octanol–water partition coefficient (Wildman–Crippen LogP) is 3.08. The third kappa shape index (κ3) is 3.20. The minimum atomic E-state index is 0.703. The number of hydrogen-bond acceptors (Lipinski definition) is 1. The van der Waals surface area contributed by atoms with E-state index in [-0.39, 0.29) is 0 Å². The summed E-state index contributed by atoms with van der Waals surface area (Å²) in [7, 11) is 2.04. The van der Waals surface area contributed by atoms with Crippen LogP contribution in [0.5, 0.6) is 5.75 Å². The van der Waals surface area contributed by atoms with E-state index in [1.54, 1.807) is 0 Å². The van der Waals surface area contributed by atoms with Crippen molar-refractivity contribution in [3.63, 3.8) is 0 Å². The first-order chi connectivity index (χ1) is 8.79. The lowest BCUT2D eigenvalue weighted by molar-refractivity contribution is -0.673. The maximum atomic E-state index is 5.41. The molecule has 2 nitrogen and oxygen atoms in total. The fraction of sp³-hybridized carbons (Fsp3) is 0.188. The summed E-state index contributed by atoms with van der Waals surface area (Å²) >= 11 is 0. The first kappa shape index (κ1) is 12.4. The fourth-order valence-electron chi connectivity index (χ4n) is 1.73. The molecule has 0 N–H and O–H groups in total. The Morgan fingerprint density at radius 3 is 2.50 bits per heavy atom. The van der Waals surface area contributed by atoms with Gasteiger partial charge in [0.1, 0.15) is 12.8 Å². The molecule has 1 aromatic heterocycles. The van der Waals surface area contributed by atoms with Crippen LogP contribution in [-0.2, 0) is 7.05 Å². The zero-order valence-electron chi connectivity index (χ0n) is 10.8. The highest BCUT2D eigenvalue weighted by molar-refractivity contribution is 5.67. The molecule has 1 aromatic carbocycles. The van der Waals surface area contributed by atoms with E-state index in [0.717, 1.165) is 5.75 Å². The minimum absolute atomic E-state index is 0.703. The molecule has 2 aromatic rings. The molecule has 0 unspecified atom stereocenters. The minimum Gasteiger partial charge on any atom is -0.494 e. The second kappa shape index (κ2) is 6.01. The summed E-state index contributed by atoms with van der Waals surface area (Å²) in [4.78, 5) is 0. The van der Waals surface area contributed by atoms with Crippen molar-refractivity contribution >= 4 is 12.2 Å². The van der Waals surface area contributed by atoms with Crippen LogP contribution >= 0.6 is 0 Å². The van der Waals surface area contributed by atoms with Crippen LogP contribution in [0.4, 0.5) is 0 Å². The molecule has 2 heteroatoms. The van der Waals surface area contributed by atoms with E-state index in [2.05, 4.69) is 34.9 Å². The van der Waals surface area contributed by atoms with Gasteiger partial charge in [0, 0.05) is 18.2 Å². The zero-order chi connectivity index (χ0) is 12.8. The highest BCUT2D eigenvalue weighted by Crippen LogP contribution is 2.13. The van der Waals surface area contributed by atoms with Gasteiger partial charge >= 0.3 is 0 Å².